The van der Waals surface area contributed by atoms with Gasteiger partial charge in [-0.15, -0.1) is 0 Å². The van der Waals surface area contributed by atoms with Gasteiger partial charge >= 0.3 is 5.69 Å². The number of amides is 1. The monoisotopic (exact) mass is 357 g/mol. The Balaban J connectivity index is 1.99. The predicted molar refractivity (Wildman–Crippen MR) is 80.4 cm³/mol. The lowest BCUT2D eigenvalue weighted by Gasteiger charge is -2.19. The Morgan fingerprint density at radius 1 is 1.43 bits per heavy atom. The first kappa shape index (κ1) is 15.7. The lowest BCUT2D eigenvalue weighted by atomic mass is 10.3. The Hall–Kier alpha value is -1.67. The van der Waals surface area contributed by atoms with E-state index in [-0.39, 0.29) is 24.0 Å². The van der Waals surface area contributed by atoms with Gasteiger partial charge in [-0.3, -0.25) is 14.9 Å². The number of ether oxygens (including phenoxy) is 1. The van der Waals surface area contributed by atoms with Gasteiger partial charge in [0.25, 0.3) is 5.91 Å². The SMILES string of the molecule is O=C(COc1ccc(Br)cc1[N+](=O)[O-])N1CCCNCC1. The first-order valence-corrected chi connectivity index (χ1v) is 7.42. The van der Waals surface area contributed by atoms with Crippen molar-refractivity contribution in [3.05, 3.63) is 32.8 Å². The molecule has 1 heterocycles. The van der Waals surface area contributed by atoms with E-state index in [0.717, 1.165) is 19.5 Å². The smallest absolute Gasteiger partial charge is 0.312 e. The van der Waals surface area contributed by atoms with Gasteiger partial charge < -0.3 is 15.0 Å². The number of carbonyl (C=O) groups is 1. The standard InChI is InChI=1S/C13H16BrN3O4/c14-10-2-3-12(11(8-10)17(19)20)21-9-13(18)16-6-1-4-15-5-7-16/h2-3,8,15H,1,4-7,9H2. The summed E-state index contributed by atoms with van der Waals surface area (Å²) in [4.78, 5) is 24.2. The molecule has 0 bridgehead atoms. The van der Waals surface area contributed by atoms with E-state index in [9.17, 15) is 14.9 Å². The zero-order chi connectivity index (χ0) is 15.2. The minimum atomic E-state index is -0.527. The van der Waals surface area contributed by atoms with Gasteiger partial charge in [0.05, 0.1) is 4.92 Å². The Morgan fingerprint density at radius 2 is 2.24 bits per heavy atom. The van der Waals surface area contributed by atoms with Crippen molar-refractivity contribution in [2.24, 2.45) is 0 Å². The quantitative estimate of drug-likeness (QED) is 0.652. The van der Waals surface area contributed by atoms with Crippen LogP contribution in [-0.2, 0) is 4.79 Å². The van der Waals surface area contributed by atoms with Gasteiger partial charge in [0.1, 0.15) is 0 Å². The topological polar surface area (TPSA) is 84.7 Å². The molecular formula is C13H16BrN3O4. The van der Waals surface area contributed by atoms with Gasteiger partial charge in [0, 0.05) is 30.2 Å². The summed E-state index contributed by atoms with van der Waals surface area (Å²) < 4.78 is 5.92. The Labute approximate surface area is 130 Å². The zero-order valence-electron chi connectivity index (χ0n) is 11.4. The Kier molecular flexibility index (Phi) is 5.51. The maximum atomic E-state index is 12.1. The van der Waals surface area contributed by atoms with Crippen LogP contribution in [0.2, 0.25) is 0 Å². The molecule has 1 amide bonds. The highest BCUT2D eigenvalue weighted by Crippen LogP contribution is 2.30. The highest BCUT2D eigenvalue weighted by atomic mass is 79.9. The number of nitrogens with zero attached hydrogens (tertiary/aromatic N) is 2. The fourth-order valence-electron chi connectivity index (χ4n) is 2.08. The largest absolute Gasteiger partial charge is 0.477 e. The second-order valence-electron chi connectivity index (χ2n) is 4.64. The molecule has 2 rings (SSSR count). The van der Waals surface area contributed by atoms with E-state index in [1.54, 1.807) is 11.0 Å². The van der Waals surface area contributed by atoms with Crippen molar-refractivity contribution in [3.8, 4) is 5.75 Å². The average molecular weight is 358 g/mol. The number of rotatable bonds is 4. The Morgan fingerprint density at radius 3 is 3.00 bits per heavy atom. The van der Waals surface area contributed by atoms with Crippen LogP contribution in [-0.4, -0.2) is 48.5 Å². The molecule has 114 valence electrons. The van der Waals surface area contributed by atoms with E-state index in [1.807, 2.05) is 0 Å². The van der Waals surface area contributed by atoms with E-state index >= 15 is 0 Å². The molecule has 0 spiro atoms. The molecule has 0 aromatic heterocycles. The fourth-order valence-corrected chi connectivity index (χ4v) is 2.43. The molecule has 1 aliphatic heterocycles. The minimum absolute atomic E-state index is 0.101. The Bertz CT molecular complexity index is 530. The maximum absolute atomic E-state index is 12.1. The van der Waals surface area contributed by atoms with Gasteiger partial charge in [-0.25, -0.2) is 0 Å². The second-order valence-corrected chi connectivity index (χ2v) is 5.56. The minimum Gasteiger partial charge on any atom is -0.477 e. The number of nitrogens with one attached hydrogen (secondary N) is 1. The highest BCUT2D eigenvalue weighted by molar-refractivity contribution is 9.10. The van der Waals surface area contributed by atoms with Crippen LogP contribution in [0.1, 0.15) is 6.42 Å². The third-order valence-electron chi connectivity index (χ3n) is 3.16. The van der Waals surface area contributed by atoms with Crippen LogP contribution in [0.3, 0.4) is 0 Å². The van der Waals surface area contributed by atoms with Gasteiger partial charge in [0.15, 0.2) is 12.4 Å². The van der Waals surface area contributed by atoms with Crippen LogP contribution in [0.4, 0.5) is 5.69 Å². The predicted octanol–water partition coefficient (Wildman–Crippen LogP) is 1.56. The molecule has 0 saturated carbocycles. The molecule has 0 aliphatic carbocycles. The molecule has 1 aromatic rings. The summed E-state index contributed by atoms with van der Waals surface area (Å²) in [6.45, 7) is 2.76. The third-order valence-corrected chi connectivity index (χ3v) is 3.65. The van der Waals surface area contributed by atoms with Crippen molar-refractivity contribution < 1.29 is 14.5 Å². The number of benzene rings is 1. The van der Waals surface area contributed by atoms with Crippen LogP contribution in [0.25, 0.3) is 0 Å². The lowest BCUT2D eigenvalue weighted by Crippen LogP contribution is -2.37. The maximum Gasteiger partial charge on any atom is 0.312 e. The molecule has 1 N–H and O–H groups in total. The molecule has 7 nitrogen and oxygen atoms in total. The summed E-state index contributed by atoms with van der Waals surface area (Å²) in [7, 11) is 0. The van der Waals surface area contributed by atoms with E-state index in [1.165, 1.54) is 12.1 Å². The first-order chi connectivity index (χ1) is 10.1. The van der Waals surface area contributed by atoms with Gasteiger partial charge in [0.2, 0.25) is 0 Å². The number of halogens is 1. The number of hydrogen-bond donors (Lipinski definition) is 1. The summed E-state index contributed by atoms with van der Waals surface area (Å²) in [6.07, 6.45) is 0.893. The summed E-state index contributed by atoms with van der Waals surface area (Å²) in [6, 6.07) is 4.48. The average Bonchev–Trinajstić information content (AvgIpc) is 2.74. The number of nitro groups is 1. The summed E-state index contributed by atoms with van der Waals surface area (Å²) in [5.74, 6) is -0.0552. The molecule has 1 aliphatic rings. The van der Waals surface area contributed by atoms with Crippen molar-refractivity contribution in [2.75, 3.05) is 32.8 Å². The molecule has 1 aromatic carbocycles. The molecule has 1 fully saturated rings. The normalized spacial score (nSPS) is 15.4. The van der Waals surface area contributed by atoms with Gasteiger partial charge in [-0.1, -0.05) is 15.9 Å². The van der Waals surface area contributed by atoms with Crippen LogP contribution >= 0.6 is 15.9 Å². The molecular weight excluding hydrogens is 342 g/mol. The van der Waals surface area contributed by atoms with Crippen molar-refractivity contribution in [1.29, 1.82) is 0 Å². The second kappa shape index (κ2) is 7.37. The molecule has 0 atom stereocenters. The molecule has 0 unspecified atom stereocenters. The van der Waals surface area contributed by atoms with E-state index in [2.05, 4.69) is 21.2 Å². The van der Waals surface area contributed by atoms with Crippen molar-refractivity contribution in [2.45, 2.75) is 6.42 Å². The van der Waals surface area contributed by atoms with Crippen LogP contribution in [0.5, 0.6) is 5.75 Å². The van der Waals surface area contributed by atoms with E-state index in [4.69, 9.17) is 4.74 Å². The number of hydrogen-bond acceptors (Lipinski definition) is 5. The van der Waals surface area contributed by atoms with E-state index < -0.39 is 4.92 Å². The van der Waals surface area contributed by atoms with Crippen LogP contribution in [0.15, 0.2) is 22.7 Å². The van der Waals surface area contributed by atoms with Crippen LogP contribution < -0.4 is 10.1 Å². The summed E-state index contributed by atoms with van der Waals surface area (Å²) in [5.41, 5.74) is -0.158. The van der Waals surface area contributed by atoms with Crippen molar-refractivity contribution in [3.63, 3.8) is 0 Å². The molecule has 21 heavy (non-hydrogen) atoms. The van der Waals surface area contributed by atoms with E-state index in [0.29, 0.717) is 17.6 Å². The fraction of sp³-hybridized carbons (Fsp3) is 0.462. The third kappa shape index (κ3) is 4.40. The summed E-state index contributed by atoms with van der Waals surface area (Å²) >= 11 is 3.17. The lowest BCUT2D eigenvalue weighted by molar-refractivity contribution is -0.385. The number of nitro benzene ring substituents is 1. The molecule has 8 heteroatoms. The summed E-state index contributed by atoms with van der Waals surface area (Å²) in [5, 5.41) is 14.2. The van der Waals surface area contributed by atoms with Crippen LogP contribution in [0, 0.1) is 10.1 Å². The van der Waals surface area contributed by atoms with Gasteiger partial charge in [-0.2, -0.15) is 0 Å². The van der Waals surface area contributed by atoms with Gasteiger partial charge in [-0.05, 0) is 25.1 Å². The first-order valence-electron chi connectivity index (χ1n) is 6.63. The highest BCUT2D eigenvalue weighted by Gasteiger charge is 2.19. The molecule has 0 radical (unpaired) electrons. The van der Waals surface area contributed by atoms with Crippen molar-refractivity contribution >= 4 is 27.5 Å². The molecule has 1 saturated heterocycles. The number of carbonyl (C=O) groups excluding carboxylic acids is 1. The zero-order valence-corrected chi connectivity index (χ0v) is 13.0. The van der Waals surface area contributed by atoms with Crippen molar-refractivity contribution in [1.82, 2.24) is 10.2 Å².